The zero-order valence-corrected chi connectivity index (χ0v) is 7.35. The van der Waals surface area contributed by atoms with Crippen LogP contribution < -0.4 is 4.74 Å². The summed E-state index contributed by atoms with van der Waals surface area (Å²) in [5, 5.41) is 3.75. The summed E-state index contributed by atoms with van der Waals surface area (Å²) < 4.78 is 10.4. The van der Waals surface area contributed by atoms with Crippen LogP contribution in [0.25, 0.3) is 0 Å². The highest BCUT2D eigenvalue weighted by molar-refractivity contribution is 5.05. The molecule has 0 amide bonds. The van der Waals surface area contributed by atoms with Crippen LogP contribution in [0.5, 0.6) is 5.88 Å². The second-order valence-corrected chi connectivity index (χ2v) is 3.80. The normalized spacial score (nSPS) is 36.8. The minimum absolute atomic E-state index is 0.332. The van der Waals surface area contributed by atoms with Gasteiger partial charge in [0.05, 0.1) is 0 Å². The molecule has 3 atom stereocenters. The second kappa shape index (κ2) is 2.73. The van der Waals surface area contributed by atoms with Crippen LogP contribution in [0.2, 0.25) is 0 Å². The van der Waals surface area contributed by atoms with Crippen molar-refractivity contribution in [2.24, 2.45) is 5.92 Å². The molecule has 0 radical (unpaired) electrons. The standard InChI is InChI=1S/C9H12N2O2/c1-3-11-5-7(1)8(6-11)13-9-2-4-12-10-9/h2,4,7-8H,1,3,5-6H2/t7-,8-/m1/s1. The Morgan fingerprint density at radius 1 is 1.54 bits per heavy atom. The summed E-state index contributed by atoms with van der Waals surface area (Å²) in [5.41, 5.74) is 0. The molecular weight excluding hydrogens is 168 g/mol. The van der Waals surface area contributed by atoms with Gasteiger partial charge in [-0.15, -0.1) is 0 Å². The van der Waals surface area contributed by atoms with Crippen molar-refractivity contribution in [3.63, 3.8) is 0 Å². The summed E-state index contributed by atoms with van der Waals surface area (Å²) in [6, 6.07) is 1.77. The van der Waals surface area contributed by atoms with Gasteiger partial charge in [-0.05, 0) is 18.1 Å². The molecule has 2 aliphatic heterocycles. The molecule has 0 saturated carbocycles. The highest BCUT2D eigenvalue weighted by Crippen LogP contribution is 2.30. The van der Waals surface area contributed by atoms with E-state index in [4.69, 9.17) is 9.26 Å². The van der Waals surface area contributed by atoms with Crippen molar-refractivity contribution in [2.75, 3.05) is 19.6 Å². The Kier molecular flexibility index (Phi) is 1.55. The first-order chi connectivity index (χ1) is 6.42. The average Bonchev–Trinajstić information content (AvgIpc) is 2.77. The van der Waals surface area contributed by atoms with Crippen LogP contribution in [0.4, 0.5) is 0 Å². The summed E-state index contributed by atoms with van der Waals surface area (Å²) >= 11 is 0. The van der Waals surface area contributed by atoms with Gasteiger partial charge in [-0.2, -0.15) is 0 Å². The highest BCUT2D eigenvalue weighted by Gasteiger charge is 2.39. The number of nitrogens with zero attached hydrogens (tertiary/aromatic N) is 2. The van der Waals surface area contributed by atoms with Crippen LogP contribution in [0, 0.1) is 5.92 Å². The largest absolute Gasteiger partial charge is 0.470 e. The van der Waals surface area contributed by atoms with Crippen molar-refractivity contribution in [2.45, 2.75) is 12.5 Å². The summed E-state index contributed by atoms with van der Waals surface area (Å²) in [6.07, 6.45) is 3.14. The molecule has 2 bridgehead atoms. The molecule has 13 heavy (non-hydrogen) atoms. The predicted molar refractivity (Wildman–Crippen MR) is 45.5 cm³/mol. The molecule has 0 N–H and O–H groups in total. The highest BCUT2D eigenvalue weighted by atomic mass is 16.5. The third-order valence-corrected chi connectivity index (χ3v) is 2.96. The molecule has 4 nitrogen and oxygen atoms in total. The van der Waals surface area contributed by atoms with Crippen LogP contribution in [-0.4, -0.2) is 35.8 Å². The SMILES string of the molecule is c1cc(O[C@@H]2CN3CC[C@@H]2C3)no1. The number of aromatic nitrogens is 1. The molecule has 70 valence electrons. The van der Waals surface area contributed by atoms with Crippen LogP contribution in [0.3, 0.4) is 0 Å². The number of piperidine rings is 1. The molecule has 2 fully saturated rings. The number of ether oxygens (including phenoxy) is 1. The maximum atomic E-state index is 5.70. The van der Waals surface area contributed by atoms with Crippen molar-refractivity contribution < 1.29 is 9.26 Å². The lowest BCUT2D eigenvalue weighted by atomic mass is 10.0. The number of hydrogen-bond acceptors (Lipinski definition) is 4. The second-order valence-electron chi connectivity index (χ2n) is 3.80. The van der Waals surface area contributed by atoms with Crippen molar-refractivity contribution in [1.29, 1.82) is 0 Å². The molecule has 1 aromatic heterocycles. The maximum absolute atomic E-state index is 5.70. The molecular formula is C9H12N2O2. The van der Waals surface area contributed by atoms with Crippen molar-refractivity contribution in [3.8, 4) is 5.88 Å². The van der Waals surface area contributed by atoms with Crippen molar-refractivity contribution in [3.05, 3.63) is 12.3 Å². The Morgan fingerprint density at radius 2 is 2.54 bits per heavy atom. The van der Waals surface area contributed by atoms with Crippen LogP contribution in [-0.2, 0) is 0 Å². The Morgan fingerprint density at radius 3 is 3.15 bits per heavy atom. The first kappa shape index (κ1) is 7.38. The third kappa shape index (κ3) is 1.21. The number of rotatable bonds is 2. The van der Waals surface area contributed by atoms with E-state index < -0.39 is 0 Å². The van der Waals surface area contributed by atoms with Gasteiger partial charge >= 0.3 is 0 Å². The van der Waals surface area contributed by atoms with Gasteiger partial charge in [0.1, 0.15) is 12.4 Å². The predicted octanol–water partition coefficient (Wildman–Crippen LogP) is 0.757. The van der Waals surface area contributed by atoms with Gasteiger partial charge < -0.3 is 9.26 Å². The van der Waals surface area contributed by atoms with Crippen LogP contribution in [0.1, 0.15) is 6.42 Å². The van der Waals surface area contributed by atoms with Gasteiger partial charge in [0.2, 0.25) is 0 Å². The molecule has 4 heteroatoms. The molecule has 0 aromatic carbocycles. The molecule has 0 aliphatic carbocycles. The van der Waals surface area contributed by atoms with E-state index >= 15 is 0 Å². The molecule has 0 spiro atoms. The number of fused-ring (bicyclic) bond motifs is 2. The van der Waals surface area contributed by atoms with Crippen molar-refractivity contribution >= 4 is 0 Å². The van der Waals surface area contributed by atoms with Crippen LogP contribution in [0.15, 0.2) is 16.9 Å². The zero-order valence-electron chi connectivity index (χ0n) is 7.35. The topological polar surface area (TPSA) is 38.5 Å². The maximum Gasteiger partial charge on any atom is 0.254 e. The van der Waals surface area contributed by atoms with E-state index in [1.807, 2.05) is 0 Å². The van der Waals surface area contributed by atoms with E-state index in [2.05, 4.69) is 10.1 Å². The summed E-state index contributed by atoms with van der Waals surface area (Å²) in [6.45, 7) is 3.49. The smallest absolute Gasteiger partial charge is 0.254 e. The minimum atomic E-state index is 0.332. The van der Waals surface area contributed by atoms with E-state index in [0.29, 0.717) is 17.9 Å². The Hall–Kier alpha value is -1.03. The van der Waals surface area contributed by atoms with Gasteiger partial charge in [0.25, 0.3) is 5.88 Å². The molecule has 3 heterocycles. The minimum Gasteiger partial charge on any atom is -0.470 e. The van der Waals surface area contributed by atoms with E-state index in [1.165, 1.54) is 19.5 Å². The van der Waals surface area contributed by atoms with Crippen LogP contribution >= 0.6 is 0 Å². The molecule has 1 aromatic rings. The Labute approximate surface area is 76.4 Å². The van der Waals surface area contributed by atoms with Gasteiger partial charge in [-0.25, -0.2) is 0 Å². The fourth-order valence-electron chi connectivity index (χ4n) is 2.29. The monoisotopic (exact) mass is 180 g/mol. The van der Waals surface area contributed by atoms with Gasteiger partial charge in [0.15, 0.2) is 0 Å². The first-order valence-electron chi connectivity index (χ1n) is 4.71. The quantitative estimate of drug-likeness (QED) is 0.673. The molecule has 2 saturated heterocycles. The lowest BCUT2D eigenvalue weighted by Gasteiger charge is -2.21. The van der Waals surface area contributed by atoms with E-state index in [0.717, 1.165) is 6.54 Å². The Balaban J connectivity index is 1.68. The van der Waals surface area contributed by atoms with E-state index in [-0.39, 0.29) is 0 Å². The fourth-order valence-corrected chi connectivity index (χ4v) is 2.29. The zero-order chi connectivity index (χ0) is 8.67. The average molecular weight is 180 g/mol. The lowest BCUT2D eigenvalue weighted by Crippen LogP contribution is -2.32. The molecule has 2 aliphatic rings. The lowest BCUT2D eigenvalue weighted by molar-refractivity contribution is 0.130. The third-order valence-electron chi connectivity index (χ3n) is 2.96. The molecule has 1 unspecified atom stereocenters. The molecule has 3 rings (SSSR count). The number of hydrogen-bond donors (Lipinski definition) is 0. The van der Waals surface area contributed by atoms with Crippen molar-refractivity contribution in [1.82, 2.24) is 10.1 Å². The fraction of sp³-hybridized carbons (Fsp3) is 0.667. The summed E-state index contributed by atoms with van der Waals surface area (Å²) in [7, 11) is 0. The van der Waals surface area contributed by atoms with E-state index in [1.54, 1.807) is 12.3 Å². The van der Waals surface area contributed by atoms with E-state index in [9.17, 15) is 0 Å². The van der Waals surface area contributed by atoms with Gasteiger partial charge in [-0.1, -0.05) is 0 Å². The Bertz CT molecular complexity index is 286. The summed E-state index contributed by atoms with van der Waals surface area (Å²) in [5.74, 6) is 1.33. The van der Waals surface area contributed by atoms with Gasteiger partial charge in [0, 0.05) is 25.1 Å². The van der Waals surface area contributed by atoms with Gasteiger partial charge in [-0.3, -0.25) is 4.90 Å². The first-order valence-corrected chi connectivity index (χ1v) is 4.71. The summed E-state index contributed by atoms with van der Waals surface area (Å²) in [4.78, 5) is 2.44.